The number of amides is 1. The first-order valence-corrected chi connectivity index (χ1v) is 11.5. The molecule has 0 saturated carbocycles. The molecule has 9 heteroatoms. The van der Waals surface area contributed by atoms with Crippen molar-refractivity contribution in [2.75, 3.05) is 32.7 Å². The number of nitrogens with zero attached hydrogens (tertiary/aromatic N) is 2. The summed E-state index contributed by atoms with van der Waals surface area (Å²) in [6.45, 7) is 4.00. The lowest BCUT2D eigenvalue weighted by atomic mass is 10.1. The number of hydrogen-bond donors (Lipinski definition) is 0. The van der Waals surface area contributed by atoms with Gasteiger partial charge in [-0.1, -0.05) is 35.9 Å². The van der Waals surface area contributed by atoms with Crippen LogP contribution >= 0.6 is 35.6 Å². The zero-order valence-corrected chi connectivity index (χ0v) is 21.1. The SMILES string of the molecule is Cl.O=C(Cl)c1cccc(F)c1.O=C(c1cccc(F)c1)N1CCN(CCc2ccc(Cl)cc2)CC1. The van der Waals surface area contributed by atoms with E-state index in [4.69, 9.17) is 23.2 Å². The number of benzene rings is 3. The third kappa shape index (κ3) is 9.22. The van der Waals surface area contributed by atoms with E-state index in [9.17, 15) is 18.4 Å². The second kappa shape index (κ2) is 14.1. The predicted octanol–water partition coefficient (Wildman–Crippen LogP) is 6.11. The third-order valence-corrected chi connectivity index (χ3v) is 5.88. The molecule has 0 radical (unpaired) electrons. The fraction of sp³-hybridized carbons (Fsp3) is 0.231. The molecular formula is C26H25Cl3F2N2O2. The number of carbonyl (C=O) groups is 2. The molecule has 186 valence electrons. The highest BCUT2D eigenvalue weighted by Crippen LogP contribution is 2.13. The Kier molecular flexibility index (Phi) is 11.6. The molecule has 0 bridgehead atoms. The Morgan fingerprint density at radius 3 is 1.86 bits per heavy atom. The Bertz CT molecular complexity index is 1120. The normalized spacial score (nSPS) is 13.3. The summed E-state index contributed by atoms with van der Waals surface area (Å²) in [4.78, 5) is 26.9. The van der Waals surface area contributed by atoms with Crippen LogP contribution < -0.4 is 0 Å². The zero-order chi connectivity index (χ0) is 24.5. The van der Waals surface area contributed by atoms with Crippen molar-refractivity contribution in [1.29, 1.82) is 0 Å². The molecule has 3 aromatic carbocycles. The Balaban J connectivity index is 0.000000332. The maximum atomic E-state index is 13.3. The molecular weight excluding hydrogens is 517 g/mol. The van der Waals surface area contributed by atoms with E-state index in [0.717, 1.165) is 37.1 Å². The van der Waals surface area contributed by atoms with Crippen molar-refractivity contribution < 1.29 is 18.4 Å². The van der Waals surface area contributed by atoms with Crippen LogP contribution in [0.2, 0.25) is 5.02 Å². The molecule has 4 nitrogen and oxygen atoms in total. The van der Waals surface area contributed by atoms with Crippen molar-refractivity contribution in [1.82, 2.24) is 9.80 Å². The molecule has 1 fully saturated rings. The molecule has 1 aliphatic heterocycles. The van der Waals surface area contributed by atoms with Gasteiger partial charge in [0.15, 0.2) is 0 Å². The summed E-state index contributed by atoms with van der Waals surface area (Å²) in [5, 5.41) is 0.114. The highest BCUT2D eigenvalue weighted by atomic mass is 35.5. The minimum atomic E-state index is -0.639. The van der Waals surface area contributed by atoms with Crippen molar-refractivity contribution in [3.63, 3.8) is 0 Å². The van der Waals surface area contributed by atoms with Crippen LogP contribution in [0.5, 0.6) is 0 Å². The van der Waals surface area contributed by atoms with Gasteiger partial charge in [0.1, 0.15) is 11.6 Å². The van der Waals surface area contributed by atoms with E-state index in [1.54, 1.807) is 17.0 Å². The van der Waals surface area contributed by atoms with Gasteiger partial charge in [-0.15, -0.1) is 12.4 Å². The fourth-order valence-corrected chi connectivity index (χ4v) is 3.77. The topological polar surface area (TPSA) is 40.6 Å². The molecule has 0 N–H and O–H groups in total. The van der Waals surface area contributed by atoms with Gasteiger partial charge in [-0.05, 0) is 72.1 Å². The highest BCUT2D eigenvalue weighted by molar-refractivity contribution is 6.67. The number of carbonyl (C=O) groups excluding carboxylic acids is 2. The van der Waals surface area contributed by atoms with Crippen molar-refractivity contribution in [2.45, 2.75) is 6.42 Å². The fourth-order valence-electron chi connectivity index (χ4n) is 3.53. The molecule has 0 atom stereocenters. The van der Waals surface area contributed by atoms with Crippen LogP contribution in [-0.2, 0) is 6.42 Å². The number of hydrogen-bond acceptors (Lipinski definition) is 3. The predicted molar refractivity (Wildman–Crippen MR) is 138 cm³/mol. The summed E-state index contributed by atoms with van der Waals surface area (Å²) in [5.41, 5.74) is 1.86. The first kappa shape index (κ1) is 28.7. The van der Waals surface area contributed by atoms with Gasteiger partial charge in [0.25, 0.3) is 11.1 Å². The first-order chi connectivity index (χ1) is 16.3. The molecule has 1 amide bonds. The summed E-state index contributed by atoms with van der Waals surface area (Å²) in [5.74, 6) is -0.916. The van der Waals surface area contributed by atoms with Crippen LogP contribution in [0.25, 0.3) is 0 Å². The maximum absolute atomic E-state index is 13.3. The van der Waals surface area contributed by atoms with Gasteiger partial charge in [0, 0.05) is 48.9 Å². The molecule has 0 spiro atoms. The van der Waals surface area contributed by atoms with Gasteiger partial charge >= 0.3 is 0 Å². The van der Waals surface area contributed by atoms with Gasteiger partial charge in [0.05, 0.1) is 0 Å². The van der Waals surface area contributed by atoms with Gasteiger partial charge in [-0.2, -0.15) is 0 Å². The van der Waals surface area contributed by atoms with Crippen molar-refractivity contribution in [3.8, 4) is 0 Å². The van der Waals surface area contributed by atoms with Crippen molar-refractivity contribution in [2.24, 2.45) is 0 Å². The molecule has 0 aliphatic carbocycles. The van der Waals surface area contributed by atoms with Crippen molar-refractivity contribution >= 4 is 46.8 Å². The Labute approximate surface area is 219 Å². The molecule has 0 aromatic heterocycles. The van der Waals surface area contributed by atoms with Crippen LogP contribution in [0.15, 0.2) is 72.8 Å². The Hall–Kier alpha value is -2.51. The van der Waals surface area contributed by atoms with Crippen LogP contribution in [-0.4, -0.2) is 53.7 Å². The number of halogens is 5. The summed E-state index contributed by atoms with van der Waals surface area (Å²) in [7, 11) is 0. The smallest absolute Gasteiger partial charge is 0.254 e. The maximum Gasteiger partial charge on any atom is 0.254 e. The number of piperazine rings is 1. The van der Waals surface area contributed by atoms with E-state index < -0.39 is 11.1 Å². The van der Waals surface area contributed by atoms with Gasteiger partial charge in [-0.3, -0.25) is 14.5 Å². The lowest BCUT2D eigenvalue weighted by Gasteiger charge is -2.34. The minimum absolute atomic E-state index is 0. The summed E-state index contributed by atoms with van der Waals surface area (Å²) >= 11 is 11.0. The average Bonchev–Trinajstić information content (AvgIpc) is 2.84. The van der Waals surface area contributed by atoms with Gasteiger partial charge < -0.3 is 4.90 Å². The Morgan fingerprint density at radius 1 is 0.800 bits per heavy atom. The standard InChI is InChI=1S/C19H20ClFN2O.C7H4ClFO.ClH/c20-17-6-4-15(5-7-17)8-9-22-10-12-23(13-11-22)19(24)16-2-1-3-18(21)14-16;8-7(10)5-2-1-3-6(9)4-5;/h1-7,14H,8-13H2;1-4H;1H. The monoisotopic (exact) mass is 540 g/mol. The highest BCUT2D eigenvalue weighted by Gasteiger charge is 2.22. The van der Waals surface area contributed by atoms with Crippen LogP contribution in [0, 0.1) is 11.6 Å². The third-order valence-electron chi connectivity index (χ3n) is 5.41. The lowest BCUT2D eigenvalue weighted by molar-refractivity contribution is 0.0638. The molecule has 1 heterocycles. The summed E-state index contributed by atoms with van der Waals surface area (Å²) < 4.78 is 25.6. The lowest BCUT2D eigenvalue weighted by Crippen LogP contribution is -2.49. The molecule has 1 aliphatic rings. The van der Waals surface area contributed by atoms with E-state index in [2.05, 4.69) is 4.90 Å². The molecule has 4 rings (SSSR count). The van der Waals surface area contributed by atoms with E-state index in [1.807, 2.05) is 24.3 Å². The Morgan fingerprint density at radius 2 is 1.34 bits per heavy atom. The second-order valence-electron chi connectivity index (χ2n) is 7.80. The largest absolute Gasteiger partial charge is 0.336 e. The van der Waals surface area contributed by atoms with Gasteiger partial charge in [0.2, 0.25) is 0 Å². The van der Waals surface area contributed by atoms with Crippen LogP contribution in [0.4, 0.5) is 8.78 Å². The quantitative estimate of drug-likeness (QED) is 0.366. The first-order valence-electron chi connectivity index (χ1n) is 10.8. The molecule has 3 aromatic rings. The minimum Gasteiger partial charge on any atom is -0.336 e. The zero-order valence-electron chi connectivity index (χ0n) is 18.8. The van der Waals surface area contributed by atoms with Crippen LogP contribution in [0.1, 0.15) is 26.3 Å². The van der Waals surface area contributed by atoms with Crippen LogP contribution in [0.3, 0.4) is 0 Å². The van der Waals surface area contributed by atoms with E-state index in [1.165, 1.54) is 35.9 Å². The molecule has 35 heavy (non-hydrogen) atoms. The number of rotatable bonds is 5. The molecule has 0 unspecified atom stereocenters. The van der Waals surface area contributed by atoms with E-state index >= 15 is 0 Å². The molecule has 1 saturated heterocycles. The van der Waals surface area contributed by atoms with Gasteiger partial charge in [-0.25, -0.2) is 8.78 Å². The summed E-state index contributed by atoms with van der Waals surface area (Å²) in [6, 6.07) is 19.0. The summed E-state index contributed by atoms with van der Waals surface area (Å²) in [6.07, 6.45) is 0.967. The second-order valence-corrected chi connectivity index (χ2v) is 8.58. The van der Waals surface area contributed by atoms with Crippen molar-refractivity contribution in [3.05, 3.63) is 106 Å². The van der Waals surface area contributed by atoms with E-state index in [0.29, 0.717) is 18.7 Å². The van der Waals surface area contributed by atoms with E-state index in [-0.39, 0.29) is 29.7 Å². The average molecular weight is 542 g/mol.